The molecule has 0 atom stereocenters. The number of hydrogen-bond acceptors (Lipinski definition) is 3. The van der Waals surface area contributed by atoms with Gasteiger partial charge in [0, 0.05) is 31.8 Å². The Labute approximate surface area is 92.0 Å². The Morgan fingerprint density at radius 2 is 2.31 bits per heavy atom. The molecule has 84 valence electrons. The molecule has 1 heterocycles. The van der Waals surface area contributed by atoms with Crippen LogP contribution in [0, 0.1) is 10.1 Å². The number of rotatable bonds is 3. The number of nitrogens with one attached hydrogen (secondary N) is 1. The Hall–Kier alpha value is -2.11. The summed E-state index contributed by atoms with van der Waals surface area (Å²) in [5, 5.41) is 13.2. The zero-order chi connectivity index (χ0) is 11.5. The molecule has 0 aliphatic carbocycles. The van der Waals surface area contributed by atoms with E-state index in [1.165, 1.54) is 12.1 Å². The van der Waals surface area contributed by atoms with E-state index < -0.39 is 4.92 Å². The van der Waals surface area contributed by atoms with Gasteiger partial charge in [0.15, 0.2) is 0 Å². The molecule has 6 nitrogen and oxygen atoms in total. The Kier molecular flexibility index (Phi) is 2.72. The van der Waals surface area contributed by atoms with Crippen LogP contribution in [0.25, 0.3) is 0 Å². The summed E-state index contributed by atoms with van der Waals surface area (Å²) in [5.41, 5.74) is 0.823. The highest BCUT2D eigenvalue weighted by Gasteiger charge is 2.19. The van der Waals surface area contributed by atoms with Crippen molar-refractivity contribution in [2.24, 2.45) is 0 Å². The van der Waals surface area contributed by atoms with Crippen LogP contribution < -0.4 is 5.32 Å². The average Bonchev–Trinajstić information content (AvgIpc) is 2.65. The van der Waals surface area contributed by atoms with E-state index in [1.54, 1.807) is 17.0 Å². The maximum absolute atomic E-state index is 11.3. The molecular formula is C10H11N3O3. The van der Waals surface area contributed by atoms with Gasteiger partial charge in [-0.2, -0.15) is 0 Å². The summed E-state index contributed by atoms with van der Waals surface area (Å²) < 4.78 is 0. The monoisotopic (exact) mass is 221 g/mol. The number of nitro groups is 1. The first-order valence-electron chi connectivity index (χ1n) is 4.93. The summed E-state index contributed by atoms with van der Waals surface area (Å²) in [7, 11) is 0. The first-order valence-corrected chi connectivity index (χ1v) is 4.93. The minimum atomic E-state index is -0.437. The minimum Gasteiger partial charge on any atom is -0.336 e. The molecule has 0 spiro atoms. The van der Waals surface area contributed by atoms with Gasteiger partial charge in [-0.1, -0.05) is 12.1 Å². The molecule has 16 heavy (non-hydrogen) atoms. The van der Waals surface area contributed by atoms with Gasteiger partial charge in [0.2, 0.25) is 0 Å². The molecule has 1 aliphatic heterocycles. The first-order chi connectivity index (χ1) is 7.66. The normalized spacial score (nSPS) is 15.0. The summed E-state index contributed by atoms with van der Waals surface area (Å²) in [5.74, 6) is 0. The van der Waals surface area contributed by atoms with Crippen molar-refractivity contribution in [3.05, 3.63) is 39.9 Å². The number of amides is 2. The summed E-state index contributed by atoms with van der Waals surface area (Å²) >= 11 is 0. The van der Waals surface area contributed by atoms with Crippen LogP contribution in [0.3, 0.4) is 0 Å². The molecule has 0 aromatic heterocycles. The molecule has 0 bridgehead atoms. The van der Waals surface area contributed by atoms with Crippen molar-refractivity contribution >= 4 is 11.7 Å². The SMILES string of the molecule is O=C1NCCN1Cc1cccc([N+](=O)[O-])c1. The van der Waals surface area contributed by atoms with Gasteiger partial charge in [0.05, 0.1) is 4.92 Å². The van der Waals surface area contributed by atoms with Crippen molar-refractivity contribution in [3.8, 4) is 0 Å². The van der Waals surface area contributed by atoms with Gasteiger partial charge in [-0.3, -0.25) is 10.1 Å². The Morgan fingerprint density at radius 1 is 1.50 bits per heavy atom. The number of carbonyl (C=O) groups is 1. The van der Waals surface area contributed by atoms with Crippen LogP contribution in [0.2, 0.25) is 0 Å². The molecule has 1 aliphatic rings. The quantitative estimate of drug-likeness (QED) is 0.613. The van der Waals surface area contributed by atoms with Crippen LogP contribution in [0.5, 0.6) is 0 Å². The van der Waals surface area contributed by atoms with E-state index in [2.05, 4.69) is 5.32 Å². The number of nitro benzene ring substituents is 1. The lowest BCUT2D eigenvalue weighted by Crippen LogP contribution is -2.27. The van der Waals surface area contributed by atoms with Crippen molar-refractivity contribution < 1.29 is 9.72 Å². The second-order valence-electron chi connectivity index (χ2n) is 3.58. The predicted octanol–water partition coefficient (Wildman–Crippen LogP) is 1.12. The summed E-state index contributed by atoms with van der Waals surface area (Å²) in [4.78, 5) is 23.0. The number of nitrogens with zero attached hydrogens (tertiary/aromatic N) is 2. The Balaban J connectivity index is 2.12. The number of non-ortho nitro benzene ring substituents is 1. The maximum atomic E-state index is 11.3. The van der Waals surface area contributed by atoms with Gasteiger partial charge in [-0.05, 0) is 5.56 Å². The highest BCUT2D eigenvalue weighted by atomic mass is 16.6. The van der Waals surface area contributed by atoms with Crippen LogP contribution in [0.4, 0.5) is 10.5 Å². The van der Waals surface area contributed by atoms with Gasteiger partial charge in [-0.15, -0.1) is 0 Å². The third kappa shape index (κ3) is 2.10. The Bertz CT molecular complexity index is 433. The van der Waals surface area contributed by atoms with Crippen molar-refractivity contribution in [2.75, 3.05) is 13.1 Å². The molecule has 6 heteroatoms. The Morgan fingerprint density at radius 3 is 2.94 bits per heavy atom. The van der Waals surface area contributed by atoms with Crippen LogP contribution in [0.15, 0.2) is 24.3 Å². The summed E-state index contributed by atoms with van der Waals surface area (Å²) in [6, 6.07) is 6.21. The number of benzene rings is 1. The average molecular weight is 221 g/mol. The van der Waals surface area contributed by atoms with E-state index >= 15 is 0 Å². The maximum Gasteiger partial charge on any atom is 0.317 e. The fourth-order valence-electron chi connectivity index (χ4n) is 1.65. The molecule has 0 radical (unpaired) electrons. The van der Waals surface area contributed by atoms with Gasteiger partial charge < -0.3 is 10.2 Å². The lowest BCUT2D eigenvalue weighted by Gasteiger charge is -2.13. The van der Waals surface area contributed by atoms with E-state index in [0.29, 0.717) is 19.6 Å². The van der Waals surface area contributed by atoms with E-state index in [4.69, 9.17) is 0 Å². The lowest BCUT2D eigenvalue weighted by atomic mass is 10.2. The third-order valence-corrected chi connectivity index (χ3v) is 2.44. The van der Waals surface area contributed by atoms with E-state index in [0.717, 1.165) is 5.56 Å². The molecule has 0 unspecified atom stereocenters. The predicted molar refractivity (Wildman–Crippen MR) is 56.9 cm³/mol. The number of carbonyl (C=O) groups excluding carboxylic acids is 1. The molecule has 1 fully saturated rings. The van der Waals surface area contributed by atoms with E-state index in [-0.39, 0.29) is 11.7 Å². The molecule has 1 saturated heterocycles. The molecule has 1 aromatic rings. The minimum absolute atomic E-state index is 0.0529. The van der Waals surface area contributed by atoms with Crippen molar-refractivity contribution in [1.82, 2.24) is 10.2 Å². The standard InChI is InChI=1S/C10H11N3O3/c14-10-11-4-5-12(10)7-8-2-1-3-9(6-8)13(15)16/h1-3,6H,4-5,7H2,(H,11,14). The fraction of sp³-hybridized carbons (Fsp3) is 0.300. The highest BCUT2D eigenvalue weighted by Crippen LogP contribution is 2.15. The smallest absolute Gasteiger partial charge is 0.317 e. The van der Waals surface area contributed by atoms with Crippen molar-refractivity contribution in [3.63, 3.8) is 0 Å². The largest absolute Gasteiger partial charge is 0.336 e. The second kappa shape index (κ2) is 4.18. The molecule has 1 N–H and O–H groups in total. The van der Waals surface area contributed by atoms with Crippen LogP contribution in [-0.4, -0.2) is 28.9 Å². The first kappa shape index (κ1) is 10.4. The topological polar surface area (TPSA) is 75.5 Å². The molecule has 0 saturated carbocycles. The third-order valence-electron chi connectivity index (χ3n) is 2.44. The van der Waals surface area contributed by atoms with Crippen LogP contribution >= 0.6 is 0 Å². The second-order valence-corrected chi connectivity index (χ2v) is 3.58. The number of hydrogen-bond donors (Lipinski definition) is 1. The van der Waals surface area contributed by atoms with Crippen molar-refractivity contribution in [1.29, 1.82) is 0 Å². The lowest BCUT2D eigenvalue weighted by molar-refractivity contribution is -0.384. The van der Waals surface area contributed by atoms with Gasteiger partial charge in [0.1, 0.15) is 0 Å². The fourth-order valence-corrected chi connectivity index (χ4v) is 1.65. The van der Waals surface area contributed by atoms with Crippen molar-refractivity contribution in [2.45, 2.75) is 6.54 Å². The molecule has 2 amide bonds. The molecule has 1 aromatic carbocycles. The zero-order valence-corrected chi connectivity index (χ0v) is 8.55. The van der Waals surface area contributed by atoms with Gasteiger partial charge in [-0.25, -0.2) is 4.79 Å². The highest BCUT2D eigenvalue weighted by molar-refractivity contribution is 5.76. The van der Waals surface area contributed by atoms with Crippen LogP contribution in [-0.2, 0) is 6.54 Å². The van der Waals surface area contributed by atoms with Crippen LogP contribution in [0.1, 0.15) is 5.56 Å². The number of urea groups is 1. The molecular weight excluding hydrogens is 210 g/mol. The molecule has 2 rings (SSSR count). The summed E-state index contributed by atoms with van der Waals surface area (Å²) in [6.45, 7) is 1.68. The van der Waals surface area contributed by atoms with E-state index in [9.17, 15) is 14.9 Å². The van der Waals surface area contributed by atoms with Gasteiger partial charge in [0.25, 0.3) is 5.69 Å². The summed E-state index contributed by atoms with van der Waals surface area (Å²) in [6.07, 6.45) is 0. The zero-order valence-electron chi connectivity index (χ0n) is 8.55. The van der Waals surface area contributed by atoms with E-state index in [1.807, 2.05) is 0 Å². The van der Waals surface area contributed by atoms with Gasteiger partial charge >= 0.3 is 6.03 Å².